The highest BCUT2D eigenvalue weighted by molar-refractivity contribution is 7.89. The lowest BCUT2D eigenvalue weighted by molar-refractivity contribution is 0.0950. The summed E-state index contributed by atoms with van der Waals surface area (Å²) in [7, 11) is -2.26. The zero-order valence-corrected chi connectivity index (χ0v) is 16.1. The SMILES string of the molecule is CNS(=O)(=O)c1cc(C(=O)NCc2cn3c(n2)CCCC3)cc(C)c1C. The maximum atomic E-state index is 12.5. The number of sulfonamides is 1. The normalized spacial score (nSPS) is 14.1. The molecule has 2 aromatic rings. The van der Waals surface area contributed by atoms with Crippen molar-refractivity contribution in [2.24, 2.45) is 0 Å². The molecule has 1 aliphatic rings. The molecule has 1 aromatic carbocycles. The van der Waals surface area contributed by atoms with E-state index in [1.807, 2.05) is 6.20 Å². The maximum Gasteiger partial charge on any atom is 0.251 e. The van der Waals surface area contributed by atoms with Crippen LogP contribution < -0.4 is 10.0 Å². The van der Waals surface area contributed by atoms with Crippen LogP contribution in [0, 0.1) is 13.8 Å². The predicted molar refractivity (Wildman–Crippen MR) is 98.5 cm³/mol. The molecule has 8 heteroatoms. The lowest BCUT2D eigenvalue weighted by atomic mass is 10.1. The van der Waals surface area contributed by atoms with Crippen LogP contribution in [0.25, 0.3) is 0 Å². The summed E-state index contributed by atoms with van der Waals surface area (Å²) in [6.07, 6.45) is 5.25. The molecule has 26 heavy (non-hydrogen) atoms. The van der Waals surface area contributed by atoms with Crippen molar-refractivity contribution in [1.29, 1.82) is 0 Å². The minimum Gasteiger partial charge on any atom is -0.346 e. The third kappa shape index (κ3) is 3.66. The zero-order valence-electron chi connectivity index (χ0n) is 15.3. The molecule has 0 spiro atoms. The van der Waals surface area contributed by atoms with Crippen LogP contribution >= 0.6 is 0 Å². The van der Waals surface area contributed by atoms with E-state index in [9.17, 15) is 13.2 Å². The van der Waals surface area contributed by atoms with Gasteiger partial charge >= 0.3 is 0 Å². The summed E-state index contributed by atoms with van der Waals surface area (Å²) in [6.45, 7) is 4.82. The number of hydrogen-bond acceptors (Lipinski definition) is 4. The van der Waals surface area contributed by atoms with Crippen LogP contribution in [-0.2, 0) is 29.5 Å². The summed E-state index contributed by atoms with van der Waals surface area (Å²) in [4.78, 5) is 17.2. The van der Waals surface area contributed by atoms with E-state index in [1.54, 1.807) is 19.9 Å². The molecule has 140 valence electrons. The van der Waals surface area contributed by atoms with Gasteiger partial charge in [0.05, 0.1) is 17.1 Å². The van der Waals surface area contributed by atoms with Gasteiger partial charge in [0.25, 0.3) is 5.91 Å². The highest BCUT2D eigenvalue weighted by atomic mass is 32.2. The first kappa shape index (κ1) is 18.6. The second-order valence-corrected chi connectivity index (χ2v) is 8.46. The largest absolute Gasteiger partial charge is 0.346 e. The topological polar surface area (TPSA) is 93.1 Å². The van der Waals surface area contributed by atoms with Crippen LogP contribution in [0.4, 0.5) is 0 Å². The first-order valence-electron chi connectivity index (χ1n) is 8.69. The van der Waals surface area contributed by atoms with Gasteiger partial charge in [-0.3, -0.25) is 4.79 Å². The van der Waals surface area contributed by atoms with E-state index >= 15 is 0 Å². The number of imidazole rings is 1. The molecular formula is C18H24N4O3S. The average Bonchev–Trinajstić information content (AvgIpc) is 3.04. The molecular weight excluding hydrogens is 352 g/mol. The van der Waals surface area contributed by atoms with Gasteiger partial charge in [-0.2, -0.15) is 0 Å². The lowest BCUT2D eigenvalue weighted by Gasteiger charge is -2.12. The molecule has 2 N–H and O–H groups in total. The fourth-order valence-electron chi connectivity index (χ4n) is 3.18. The van der Waals surface area contributed by atoms with Crippen molar-refractivity contribution in [2.45, 2.75) is 51.1 Å². The second kappa shape index (κ2) is 7.20. The Kier molecular flexibility index (Phi) is 5.15. The lowest BCUT2D eigenvalue weighted by Crippen LogP contribution is -2.25. The number of fused-ring (bicyclic) bond motifs is 1. The van der Waals surface area contributed by atoms with Crippen LogP contribution in [0.1, 0.15) is 45.8 Å². The maximum absolute atomic E-state index is 12.5. The van der Waals surface area contributed by atoms with Crippen molar-refractivity contribution in [3.8, 4) is 0 Å². The van der Waals surface area contributed by atoms with Gasteiger partial charge in [0.2, 0.25) is 10.0 Å². The summed E-state index contributed by atoms with van der Waals surface area (Å²) < 4.78 is 28.8. The number of hydrogen-bond donors (Lipinski definition) is 2. The molecule has 0 unspecified atom stereocenters. The molecule has 0 radical (unpaired) electrons. The van der Waals surface area contributed by atoms with Gasteiger partial charge in [0.1, 0.15) is 5.82 Å². The van der Waals surface area contributed by atoms with Gasteiger partial charge in [-0.05, 0) is 57.0 Å². The molecule has 1 amide bonds. The van der Waals surface area contributed by atoms with Crippen molar-refractivity contribution in [3.63, 3.8) is 0 Å². The first-order valence-corrected chi connectivity index (χ1v) is 10.2. The Bertz CT molecular complexity index is 924. The smallest absolute Gasteiger partial charge is 0.251 e. The van der Waals surface area contributed by atoms with Crippen molar-refractivity contribution in [2.75, 3.05) is 7.05 Å². The summed E-state index contributed by atoms with van der Waals surface area (Å²) >= 11 is 0. The molecule has 0 saturated heterocycles. The molecule has 0 bridgehead atoms. The molecule has 7 nitrogen and oxygen atoms in total. The molecule has 0 saturated carbocycles. The Morgan fingerprint density at radius 3 is 2.73 bits per heavy atom. The fourth-order valence-corrected chi connectivity index (χ4v) is 4.24. The second-order valence-electron chi connectivity index (χ2n) is 6.61. The molecule has 1 aromatic heterocycles. The van der Waals surface area contributed by atoms with Gasteiger partial charge in [0.15, 0.2) is 0 Å². The van der Waals surface area contributed by atoms with Gasteiger partial charge in [-0.25, -0.2) is 18.1 Å². The highest BCUT2D eigenvalue weighted by Crippen LogP contribution is 2.21. The third-order valence-corrected chi connectivity index (χ3v) is 6.37. The number of rotatable bonds is 5. The molecule has 0 aliphatic carbocycles. The monoisotopic (exact) mass is 376 g/mol. The number of nitrogens with one attached hydrogen (secondary N) is 2. The predicted octanol–water partition coefficient (Wildman–Crippen LogP) is 1.67. The van der Waals surface area contributed by atoms with Crippen LogP contribution in [-0.4, -0.2) is 30.9 Å². The van der Waals surface area contributed by atoms with Crippen molar-refractivity contribution < 1.29 is 13.2 Å². The molecule has 3 rings (SSSR count). The van der Waals surface area contributed by atoms with E-state index in [4.69, 9.17) is 0 Å². The van der Waals surface area contributed by atoms with Crippen LogP contribution in [0.3, 0.4) is 0 Å². The Morgan fingerprint density at radius 1 is 1.27 bits per heavy atom. The van der Waals surface area contributed by atoms with E-state index in [2.05, 4.69) is 19.6 Å². The van der Waals surface area contributed by atoms with Gasteiger partial charge in [-0.15, -0.1) is 0 Å². The van der Waals surface area contributed by atoms with Crippen LogP contribution in [0.5, 0.6) is 0 Å². The van der Waals surface area contributed by atoms with Gasteiger partial charge in [-0.1, -0.05) is 0 Å². The zero-order chi connectivity index (χ0) is 18.9. The van der Waals surface area contributed by atoms with Crippen molar-refractivity contribution in [3.05, 3.63) is 46.5 Å². The molecule has 2 heterocycles. The van der Waals surface area contributed by atoms with E-state index in [0.717, 1.165) is 42.9 Å². The van der Waals surface area contributed by atoms with Crippen molar-refractivity contribution >= 4 is 15.9 Å². The van der Waals surface area contributed by atoms with E-state index in [-0.39, 0.29) is 10.8 Å². The number of benzene rings is 1. The average molecular weight is 376 g/mol. The fraction of sp³-hybridized carbons (Fsp3) is 0.444. The highest BCUT2D eigenvalue weighted by Gasteiger charge is 2.20. The number of nitrogens with zero attached hydrogens (tertiary/aromatic N) is 2. The summed E-state index contributed by atoms with van der Waals surface area (Å²) in [5, 5.41) is 2.84. The quantitative estimate of drug-likeness (QED) is 0.830. The van der Waals surface area contributed by atoms with E-state index in [1.165, 1.54) is 13.1 Å². The number of aryl methyl sites for hydroxylation is 3. The Balaban J connectivity index is 1.78. The Morgan fingerprint density at radius 2 is 2.04 bits per heavy atom. The third-order valence-electron chi connectivity index (χ3n) is 4.83. The van der Waals surface area contributed by atoms with E-state index in [0.29, 0.717) is 17.7 Å². The van der Waals surface area contributed by atoms with E-state index < -0.39 is 10.0 Å². The minimum absolute atomic E-state index is 0.127. The first-order chi connectivity index (χ1) is 12.3. The number of carbonyl (C=O) groups is 1. The van der Waals surface area contributed by atoms with Crippen LogP contribution in [0.15, 0.2) is 23.2 Å². The molecule has 0 fully saturated rings. The van der Waals surface area contributed by atoms with Gasteiger partial charge < -0.3 is 9.88 Å². The minimum atomic E-state index is -3.62. The van der Waals surface area contributed by atoms with Gasteiger partial charge in [0, 0.05) is 24.7 Å². The number of amides is 1. The Labute approximate surface area is 153 Å². The summed E-state index contributed by atoms with van der Waals surface area (Å²) in [6, 6.07) is 3.12. The molecule has 0 atom stereocenters. The number of carbonyl (C=O) groups excluding carboxylic acids is 1. The number of aromatic nitrogens is 2. The Hall–Kier alpha value is -2.19. The van der Waals surface area contributed by atoms with Crippen molar-refractivity contribution in [1.82, 2.24) is 19.6 Å². The molecule has 1 aliphatic heterocycles. The van der Waals surface area contributed by atoms with Crippen LogP contribution in [0.2, 0.25) is 0 Å². The summed E-state index contributed by atoms with van der Waals surface area (Å²) in [5.74, 6) is 0.751. The standard InChI is InChI=1S/C18H24N4O3S/c1-12-8-14(9-16(13(12)2)26(24,25)19-3)18(23)20-10-15-11-22-7-5-4-6-17(22)21-15/h8-9,11,19H,4-7,10H2,1-3H3,(H,20,23). The summed E-state index contributed by atoms with van der Waals surface area (Å²) in [5.41, 5.74) is 2.54.